The third-order valence-corrected chi connectivity index (χ3v) is 8.99. The summed E-state index contributed by atoms with van der Waals surface area (Å²) < 4.78 is 49.8. The van der Waals surface area contributed by atoms with Crippen LogP contribution >= 0.6 is 23.1 Å². The number of amides is 3. The molecular formula is C26H20F3N3O8S2. The molecule has 0 aliphatic carbocycles. The third kappa shape index (κ3) is 5.59. The first-order valence-corrected chi connectivity index (χ1v) is 13.8. The van der Waals surface area contributed by atoms with Gasteiger partial charge in [0.2, 0.25) is 11.8 Å². The molecule has 5 rings (SSSR count). The molecule has 0 spiro atoms. The number of fused-ring (bicyclic) bond motifs is 2. The monoisotopic (exact) mass is 623 g/mol. The Balaban J connectivity index is 1.39. The van der Waals surface area contributed by atoms with Crippen LogP contribution in [0, 0.1) is 5.92 Å². The van der Waals surface area contributed by atoms with Gasteiger partial charge in [0.25, 0.3) is 5.91 Å². The molecular weight excluding hydrogens is 603 g/mol. The Morgan fingerprint density at radius 1 is 1.10 bits per heavy atom. The lowest BCUT2D eigenvalue weighted by Crippen LogP contribution is -2.36. The fourth-order valence-electron chi connectivity index (χ4n) is 4.83. The lowest BCUT2D eigenvalue weighted by molar-refractivity contribution is -0.149. The number of carbonyl (C=O) groups is 4. The number of aliphatic carboxylic acids is 1. The number of carboxylic acids is 1. The lowest BCUT2D eigenvalue weighted by Gasteiger charge is -2.30. The van der Waals surface area contributed by atoms with Crippen LogP contribution in [0.4, 0.5) is 18.9 Å². The van der Waals surface area contributed by atoms with E-state index in [1.165, 1.54) is 25.3 Å². The number of halogens is 3. The molecule has 3 N–H and O–H groups in total. The number of nitrogens with zero attached hydrogens (tertiary/aromatic N) is 1. The molecule has 0 radical (unpaired) electrons. The molecule has 11 nitrogen and oxygen atoms in total. The molecule has 2 aliphatic rings. The van der Waals surface area contributed by atoms with Gasteiger partial charge in [0.05, 0.1) is 23.6 Å². The van der Waals surface area contributed by atoms with E-state index in [0.717, 1.165) is 41.3 Å². The van der Waals surface area contributed by atoms with Gasteiger partial charge in [0.1, 0.15) is 11.8 Å². The maximum atomic E-state index is 13.3. The molecule has 16 heteroatoms. The minimum absolute atomic E-state index is 0.0699. The van der Waals surface area contributed by atoms with Crippen molar-refractivity contribution in [2.75, 3.05) is 25.6 Å². The number of rotatable bonds is 8. The van der Waals surface area contributed by atoms with Crippen molar-refractivity contribution in [2.45, 2.75) is 22.4 Å². The Kier molecular flexibility index (Phi) is 7.76. The van der Waals surface area contributed by atoms with Gasteiger partial charge in [-0.1, -0.05) is 35.2 Å². The molecule has 3 aromatic rings. The van der Waals surface area contributed by atoms with Crippen LogP contribution in [0.5, 0.6) is 11.5 Å². The maximum Gasteiger partial charge on any atom is 0.416 e. The summed E-state index contributed by atoms with van der Waals surface area (Å²) in [5, 5.41) is 11.0. The molecule has 1 fully saturated rings. The molecule has 42 heavy (non-hydrogen) atoms. The van der Waals surface area contributed by atoms with E-state index >= 15 is 0 Å². The van der Waals surface area contributed by atoms with Crippen LogP contribution < -0.4 is 19.7 Å². The van der Waals surface area contributed by atoms with Crippen molar-refractivity contribution < 1.29 is 46.9 Å². The number of carbonyl (C=O) groups excluding carboxylic acids is 3. The Morgan fingerprint density at radius 3 is 2.55 bits per heavy atom. The van der Waals surface area contributed by atoms with Crippen molar-refractivity contribution in [3.8, 4) is 11.5 Å². The highest BCUT2D eigenvalue weighted by molar-refractivity contribution is 8.00. The molecule has 1 saturated heterocycles. The molecule has 3 atom stereocenters. The fraction of sp³-hybridized carbons (Fsp3) is 0.269. The molecule has 0 unspecified atom stereocenters. The van der Waals surface area contributed by atoms with Gasteiger partial charge in [0.15, 0.2) is 18.1 Å². The third-order valence-electron chi connectivity index (χ3n) is 6.59. The number of aromatic nitrogens is 1. The van der Waals surface area contributed by atoms with Crippen LogP contribution in [0.15, 0.2) is 52.3 Å². The number of aromatic amines is 1. The number of methoxy groups -OCH3 is 1. The second kappa shape index (κ2) is 11.2. The Hall–Kier alpha value is -4.31. The van der Waals surface area contributed by atoms with Gasteiger partial charge in [-0.2, -0.15) is 13.2 Å². The standard InChI is InChI=1S/C26H20F3N3O8S2/c1-39-15-7-11(5-6-14(15)40-10-16(33)30-13-4-2-3-12(8-13)26(27,28)29)18-19-21(41-22-20(18)42-25(38)31-22)24(37)32(23(19)36)9-17(34)35/h2-8,18-19,21H,9-10H2,1H3,(H,30,33)(H,31,38)(H,34,35)/t18-,19+,21-/m0/s1. The molecule has 2 aliphatic heterocycles. The maximum absolute atomic E-state index is 13.3. The highest BCUT2D eigenvalue weighted by atomic mass is 32.2. The van der Waals surface area contributed by atoms with Gasteiger partial charge in [-0.3, -0.25) is 28.9 Å². The van der Waals surface area contributed by atoms with Gasteiger partial charge in [0, 0.05) is 16.5 Å². The highest BCUT2D eigenvalue weighted by Gasteiger charge is 2.56. The number of H-pyrrole nitrogens is 1. The van der Waals surface area contributed by atoms with E-state index in [2.05, 4.69) is 10.3 Å². The second-order valence-corrected chi connectivity index (χ2v) is 11.4. The van der Waals surface area contributed by atoms with Crippen molar-refractivity contribution >= 4 is 52.5 Å². The largest absolute Gasteiger partial charge is 0.493 e. The predicted molar refractivity (Wildman–Crippen MR) is 143 cm³/mol. The van der Waals surface area contributed by atoms with Gasteiger partial charge in [-0.25, -0.2) is 0 Å². The van der Waals surface area contributed by atoms with Crippen LogP contribution in [0.1, 0.15) is 21.9 Å². The molecule has 3 amide bonds. The van der Waals surface area contributed by atoms with E-state index in [1.807, 2.05) is 0 Å². The van der Waals surface area contributed by atoms with E-state index in [1.54, 1.807) is 6.07 Å². The molecule has 0 saturated carbocycles. The van der Waals surface area contributed by atoms with Gasteiger partial charge in [-0.05, 0) is 35.9 Å². The summed E-state index contributed by atoms with van der Waals surface area (Å²) in [4.78, 5) is 65.7. The van der Waals surface area contributed by atoms with Crippen molar-refractivity contribution in [3.05, 3.63) is 68.1 Å². The molecule has 3 heterocycles. The number of imide groups is 1. The van der Waals surface area contributed by atoms with Crippen LogP contribution in [-0.4, -0.2) is 64.2 Å². The molecule has 0 bridgehead atoms. The Labute approximate surface area is 242 Å². The topological polar surface area (TPSA) is 155 Å². The smallest absolute Gasteiger partial charge is 0.416 e. The van der Waals surface area contributed by atoms with Crippen LogP contribution in [0.25, 0.3) is 0 Å². The minimum atomic E-state index is -4.58. The number of benzene rings is 2. The van der Waals surface area contributed by atoms with E-state index in [-0.39, 0.29) is 17.2 Å². The number of hydrogen-bond acceptors (Lipinski definition) is 9. The summed E-state index contributed by atoms with van der Waals surface area (Å²) in [6, 6.07) is 8.65. The van der Waals surface area contributed by atoms with Gasteiger partial charge in [-0.15, -0.1) is 0 Å². The van der Waals surface area contributed by atoms with Crippen LogP contribution in [0.2, 0.25) is 0 Å². The number of thiazole rings is 1. The first-order valence-electron chi connectivity index (χ1n) is 12.1. The van der Waals surface area contributed by atoms with Crippen molar-refractivity contribution in [1.82, 2.24) is 9.88 Å². The van der Waals surface area contributed by atoms with Crippen molar-refractivity contribution in [3.63, 3.8) is 0 Å². The number of alkyl halides is 3. The minimum Gasteiger partial charge on any atom is -0.493 e. The quantitative estimate of drug-likeness (QED) is 0.321. The van der Waals surface area contributed by atoms with Gasteiger partial charge < -0.3 is 24.9 Å². The number of anilines is 1. The van der Waals surface area contributed by atoms with Gasteiger partial charge >= 0.3 is 17.0 Å². The van der Waals surface area contributed by atoms with E-state index in [0.29, 0.717) is 20.4 Å². The zero-order valence-electron chi connectivity index (χ0n) is 21.4. The summed E-state index contributed by atoms with van der Waals surface area (Å²) in [6.07, 6.45) is -4.58. The zero-order chi connectivity index (χ0) is 30.3. The number of thioether (sulfide) groups is 1. The lowest BCUT2D eigenvalue weighted by atomic mass is 9.83. The van der Waals surface area contributed by atoms with Crippen molar-refractivity contribution in [2.24, 2.45) is 5.92 Å². The average molecular weight is 624 g/mol. The second-order valence-electron chi connectivity index (χ2n) is 9.23. The van der Waals surface area contributed by atoms with E-state index < -0.39 is 70.5 Å². The SMILES string of the molecule is COc1cc([C@@H]2c3sc(=O)[nH]c3S[C@@H]3C(=O)N(CC(=O)O)C(=O)[C@H]23)ccc1OCC(=O)Nc1cccc(C(F)(F)F)c1. The summed E-state index contributed by atoms with van der Waals surface area (Å²) in [6.45, 7) is -1.36. The number of ether oxygens (including phenoxy) is 2. The highest BCUT2D eigenvalue weighted by Crippen LogP contribution is 2.53. The summed E-state index contributed by atoms with van der Waals surface area (Å²) in [5.41, 5.74) is -0.525. The average Bonchev–Trinajstić information content (AvgIpc) is 3.41. The zero-order valence-corrected chi connectivity index (χ0v) is 23.0. The number of nitrogens with one attached hydrogen (secondary N) is 2. The molecule has 220 valence electrons. The molecule has 2 aromatic carbocycles. The number of likely N-dealkylation sites (tertiary alicyclic amines) is 1. The number of hydrogen-bond donors (Lipinski definition) is 3. The predicted octanol–water partition coefficient (Wildman–Crippen LogP) is 3.16. The van der Waals surface area contributed by atoms with Crippen molar-refractivity contribution in [1.29, 1.82) is 0 Å². The number of carboxylic acid groups (broad SMARTS) is 1. The first-order chi connectivity index (χ1) is 19.9. The summed E-state index contributed by atoms with van der Waals surface area (Å²) in [5.74, 6) is -4.97. The van der Waals surface area contributed by atoms with E-state index in [9.17, 15) is 42.3 Å². The normalized spacial score (nSPS) is 19.7. The summed E-state index contributed by atoms with van der Waals surface area (Å²) >= 11 is 1.87. The Morgan fingerprint density at radius 2 is 1.86 bits per heavy atom. The fourth-order valence-corrected chi connectivity index (χ4v) is 7.37. The first kappa shape index (κ1) is 29.2. The van der Waals surface area contributed by atoms with E-state index in [4.69, 9.17) is 9.47 Å². The Bertz CT molecular complexity index is 1650. The van der Waals surface area contributed by atoms with Crippen LogP contribution in [-0.2, 0) is 25.4 Å². The van der Waals surface area contributed by atoms with Crippen LogP contribution in [0.3, 0.4) is 0 Å². The summed E-state index contributed by atoms with van der Waals surface area (Å²) in [7, 11) is 1.33. The molecule has 1 aromatic heterocycles.